The van der Waals surface area contributed by atoms with Crippen molar-refractivity contribution in [2.24, 2.45) is 11.8 Å². The Labute approximate surface area is 201 Å². The van der Waals surface area contributed by atoms with Gasteiger partial charge in [0.25, 0.3) is 11.8 Å². The van der Waals surface area contributed by atoms with Crippen molar-refractivity contribution >= 4 is 29.1 Å². The molecule has 0 atom stereocenters. The Morgan fingerprint density at radius 3 is 2.00 bits per heavy atom. The van der Waals surface area contributed by atoms with Gasteiger partial charge in [-0.3, -0.25) is 25.8 Å². The van der Waals surface area contributed by atoms with Crippen molar-refractivity contribution in [3.63, 3.8) is 0 Å². The predicted molar refractivity (Wildman–Crippen MR) is 133 cm³/mol. The Bertz CT molecular complexity index is 930. The highest BCUT2D eigenvalue weighted by Crippen LogP contribution is 2.15. The lowest BCUT2D eigenvalue weighted by Crippen LogP contribution is -2.48. The summed E-state index contributed by atoms with van der Waals surface area (Å²) >= 11 is 5.11. The van der Waals surface area contributed by atoms with E-state index in [9.17, 15) is 9.59 Å². The van der Waals surface area contributed by atoms with Gasteiger partial charge in [0.15, 0.2) is 5.11 Å². The molecule has 3 N–H and O–H groups in total. The van der Waals surface area contributed by atoms with Crippen LogP contribution in [-0.2, 0) is 0 Å². The van der Waals surface area contributed by atoms with Gasteiger partial charge in [0, 0.05) is 11.1 Å². The van der Waals surface area contributed by atoms with Gasteiger partial charge in [-0.25, -0.2) is 0 Å². The molecule has 2 amide bonds. The summed E-state index contributed by atoms with van der Waals surface area (Å²) in [5, 5.41) is 2.52. The zero-order chi connectivity index (χ0) is 24.2. The molecule has 7 nitrogen and oxygen atoms in total. The molecule has 0 aromatic heterocycles. The van der Waals surface area contributed by atoms with Crippen LogP contribution in [0.1, 0.15) is 61.3 Å². The van der Waals surface area contributed by atoms with Crippen LogP contribution in [0.5, 0.6) is 11.5 Å². The molecular formula is C25H33N3O4S. The van der Waals surface area contributed by atoms with Crippen LogP contribution in [0.2, 0.25) is 0 Å². The predicted octanol–water partition coefficient (Wildman–Crippen LogP) is 4.49. The molecule has 178 valence electrons. The minimum atomic E-state index is -0.404. The fourth-order valence-electron chi connectivity index (χ4n) is 2.65. The Kier molecular flexibility index (Phi) is 10.6. The Hall–Kier alpha value is -3.13. The maximum absolute atomic E-state index is 12.4. The summed E-state index contributed by atoms with van der Waals surface area (Å²) in [5.41, 5.74) is 5.85. The number of hydrazine groups is 1. The van der Waals surface area contributed by atoms with Gasteiger partial charge >= 0.3 is 0 Å². The standard InChI is InChI=1S/C25H33N3O4S/c1-17(2)12-14-31-21-10-8-19(9-11-21)24(30)27-28-25(33)26-23(29)20-6-5-7-22(16-20)32-15-13-18(3)4/h5-11,16-18H,12-15H2,1-4H3,(H,27,30)(H2,26,28,29,33). The summed E-state index contributed by atoms with van der Waals surface area (Å²) in [6.45, 7) is 9.73. The normalized spacial score (nSPS) is 10.6. The van der Waals surface area contributed by atoms with E-state index in [2.05, 4.69) is 43.9 Å². The fourth-order valence-corrected chi connectivity index (χ4v) is 2.79. The second-order valence-corrected chi connectivity index (χ2v) is 8.88. The van der Waals surface area contributed by atoms with Crippen molar-refractivity contribution in [1.29, 1.82) is 0 Å². The average Bonchev–Trinajstić information content (AvgIpc) is 2.77. The smallest absolute Gasteiger partial charge is 0.269 e. The number of carbonyl (C=O) groups is 2. The first-order valence-electron chi connectivity index (χ1n) is 11.1. The summed E-state index contributed by atoms with van der Waals surface area (Å²) in [5.74, 6) is 1.64. The topological polar surface area (TPSA) is 88.7 Å². The van der Waals surface area contributed by atoms with Crippen molar-refractivity contribution in [1.82, 2.24) is 16.2 Å². The van der Waals surface area contributed by atoms with Crippen LogP contribution in [0.4, 0.5) is 0 Å². The molecule has 0 saturated heterocycles. The number of rotatable bonds is 10. The summed E-state index contributed by atoms with van der Waals surface area (Å²) in [6, 6.07) is 13.7. The second-order valence-electron chi connectivity index (χ2n) is 8.48. The van der Waals surface area contributed by atoms with Gasteiger partial charge in [0.1, 0.15) is 11.5 Å². The molecule has 2 aromatic rings. The number of ether oxygens (including phenoxy) is 2. The molecular weight excluding hydrogens is 438 g/mol. The molecule has 0 aliphatic rings. The largest absolute Gasteiger partial charge is 0.494 e. The van der Waals surface area contributed by atoms with Crippen LogP contribution in [-0.4, -0.2) is 30.1 Å². The summed E-state index contributed by atoms with van der Waals surface area (Å²) in [4.78, 5) is 24.8. The first kappa shape index (κ1) is 26.1. The molecule has 0 aliphatic carbocycles. The van der Waals surface area contributed by atoms with E-state index in [1.165, 1.54) is 0 Å². The lowest BCUT2D eigenvalue weighted by molar-refractivity contribution is 0.0934. The summed E-state index contributed by atoms with van der Waals surface area (Å²) in [6.07, 6.45) is 1.89. The van der Waals surface area contributed by atoms with E-state index in [-0.39, 0.29) is 11.0 Å². The average molecular weight is 472 g/mol. The fraction of sp³-hybridized carbons (Fsp3) is 0.400. The van der Waals surface area contributed by atoms with E-state index in [0.29, 0.717) is 47.7 Å². The highest BCUT2D eigenvalue weighted by atomic mass is 32.1. The van der Waals surface area contributed by atoms with Crippen LogP contribution < -0.4 is 25.6 Å². The minimum Gasteiger partial charge on any atom is -0.494 e. The summed E-state index contributed by atoms with van der Waals surface area (Å²) < 4.78 is 11.3. The number of hydrogen-bond acceptors (Lipinski definition) is 5. The van der Waals surface area contributed by atoms with Crippen LogP contribution in [0.25, 0.3) is 0 Å². The molecule has 0 bridgehead atoms. The van der Waals surface area contributed by atoms with E-state index in [1.807, 2.05) is 0 Å². The van der Waals surface area contributed by atoms with Gasteiger partial charge in [-0.05, 0) is 79.4 Å². The zero-order valence-corrected chi connectivity index (χ0v) is 20.5. The Morgan fingerprint density at radius 1 is 0.788 bits per heavy atom. The number of nitrogens with one attached hydrogen (secondary N) is 3. The molecule has 0 saturated carbocycles. The highest BCUT2D eigenvalue weighted by molar-refractivity contribution is 7.80. The highest BCUT2D eigenvalue weighted by Gasteiger charge is 2.11. The molecule has 33 heavy (non-hydrogen) atoms. The monoisotopic (exact) mass is 471 g/mol. The van der Waals surface area contributed by atoms with Crippen molar-refractivity contribution in [2.75, 3.05) is 13.2 Å². The van der Waals surface area contributed by atoms with Crippen LogP contribution >= 0.6 is 12.2 Å². The molecule has 2 rings (SSSR count). The van der Waals surface area contributed by atoms with Crippen molar-refractivity contribution in [2.45, 2.75) is 40.5 Å². The van der Waals surface area contributed by atoms with Gasteiger partial charge in [0.2, 0.25) is 0 Å². The maximum Gasteiger partial charge on any atom is 0.269 e. The number of carbonyl (C=O) groups excluding carboxylic acids is 2. The third-order valence-electron chi connectivity index (χ3n) is 4.66. The van der Waals surface area contributed by atoms with Gasteiger partial charge < -0.3 is 9.47 Å². The maximum atomic E-state index is 12.4. The molecule has 0 unspecified atom stereocenters. The van der Waals surface area contributed by atoms with E-state index in [0.717, 1.165) is 12.8 Å². The first-order chi connectivity index (χ1) is 15.7. The van der Waals surface area contributed by atoms with Crippen molar-refractivity contribution < 1.29 is 19.1 Å². The number of amides is 2. The van der Waals surface area contributed by atoms with Crippen molar-refractivity contribution in [3.8, 4) is 11.5 Å². The molecule has 0 aliphatic heterocycles. The third kappa shape index (κ3) is 9.91. The molecule has 2 aromatic carbocycles. The minimum absolute atomic E-state index is 0.0203. The van der Waals surface area contributed by atoms with E-state index in [1.54, 1.807) is 48.5 Å². The van der Waals surface area contributed by atoms with E-state index >= 15 is 0 Å². The Morgan fingerprint density at radius 2 is 1.39 bits per heavy atom. The molecule has 0 fully saturated rings. The lowest BCUT2D eigenvalue weighted by atomic mass is 10.1. The number of benzene rings is 2. The first-order valence-corrected chi connectivity index (χ1v) is 11.5. The molecule has 8 heteroatoms. The number of hydrogen-bond donors (Lipinski definition) is 3. The van der Waals surface area contributed by atoms with Gasteiger partial charge in [-0.2, -0.15) is 0 Å². The summed E-state index contributed by atoms with van der Waals surface area (Å²) in [7, 11) is 0. The SMILES string of the molecule is CC(C)CCOc1ccc(C(=O)NNC(=S)NC(=O)c2cccc(OCCC(C)C)c2)cc1. The van der Waals surface area contributed by atoms with Crippen LogP contribution in [0.15, 0.2) is 48.5 Å². The van der Waals surface area contributed by atoms with Gasteiger partial charge in [-0.15, -0.1) is 0 Å². The van der Waals surface area contributed by atoms with Gasteiger partial charge in [0.05, 0.1) is 13.2 Å². The molecule has 0 spiro atoms. The van der Waals surface area contributed by atoms with E-state index in [4.69, 9.17) is 21.7 Å². The second kappa shape index (κ2) is 13.4. The van der Waals surface area contributed by atoms with Crippen LogP contribution in [0, 0.1) is 11.8 Å². The number of thiocarbonyl (C=S) groups is 1. The quantitative estimate of drug-likeness (QED) is 0.350. The zero-order valence-electron chi connectivity index (χ0n) is 19.6. The van der Waals surface area contributed by atoms with Crippen molar-refractivity contribution in [3.05, 3.63) is 59.7 Å². The van der Waals surface area contributed by atoms with Gasteiger partial charge in [-0.1, -0.05) is 33.8 Å². The van der Waals surface area contributed by atoms with E-state index < -0.39 is 5.91 Å². The van der Waals surface area contributed by atoms with Crippen LogP contribution in [0.3, 0.4) is 0 Å². The Balaban J connectivity index is 1.79. The lowest BCUT2D eigenvalue weighted by Gasteiger charge is -2.12. The molecule has 0 radical (unpaired) electrons. The third-order valence-corrected chi connectivity index (χ3v) is 4.86. The molecule has 0 heterocycles.